The van der Waals surface area contributed by atoms with Crippen molar-refractivity contribution in [1.82, 2.24) is 20.2 Å². The summed E-state index contributed by atoms with van der Waals surface area (Å²) >= 11 is 0. The van der Waals surface area contributed by atoms with Gasteiger partial charge in [0.15, 0.2) is 0 Å². The van der Waals surface area contributed by atoms with E-state index in [9.17, 15) is 9.59 Å². The first-order valence-corrected chi connectivity index (χ1v) is 8.95. The minimum absolute atomic E-state index is 0.0534. The van der Waals surface area contributed by atoms with Crippen LogP contribution in [0.2, 0.25) is 0 Å². The van der Waals surface area contributed by atoms with Crippen molar-refractivity contribution in [3.8, 4) is 0 Å². The van der Waals surface area contributed by atoms with Gasteiger partial charge in [0.2, 0.25) is 0 Å². The van der Waals surface area contributed by atoms with Gasteiger partial charge in [-0.3, -0.25) is 4.79 Å². The number of aromatic nitrogens is 2. The van der Waals surface area contributed by atoms with E-state index in [1.165, 1.54) is 0 Å². The van der Waals surface area contributed by atoms with Gasteiger partial charge in [-0.05, 0) is 51.8 Å². The van der Waals surface area contributed by atoms with Gasteiger partial charge in [0, 0.05) is 24.7 Å². The predicted molar refractivity (Wildman–Crippen MR) is 98.1 cm³/mol. The highest BCUT2D eigenvalue weighted by Gasteiger charge is 2.26. The van der Waals surface area contributed by atoms with Crippen LogP contribution >= 0.6 is 0 Å². The van der Waals surface area contributed by atoms with Gasteiger partial charge in [-0.15, -0.1) is 0 Å². The van der Waals surface area contributed by atoms with Crippen LogP contribution in [-0.2, 0) is 4.74 Å². The number of fused-ring (bicyclic) bond motifs is 1. The maximum absolute atomic E-state index is 12.9. The summed E-state index contributed by atoms with van der Waals surface area (Å²) in [5.74, 6) is -0.0534. The van der Waals surface area contributed by atoms with Crippen molar-refractivity contribution in [2.24, 2.45) is 0 Å². The molecular formula is C19H24N4O3. The normalized spacial score (nSPS) is 17.2. The third-order valence-electron chi connectivity index (χ3n) is 4.63. The molecule has 0 saturated carbocycles. The number of carbonyl (C=O) groups excluding carboxylic acids is 2. The van der Waals surface area contributed by atoms with Gasteiger partial charge < -0.3 is 15.0 Å². The summed E-state index contributed by atoms with van der Waals surface area (Å²) in [5.41, 5.74) is 3.84. The molecule has 0 aliphatic carbocycles. The lowest BCUT2D eigenvalue weighted by molar-refractivity contribution is 0.0686. The molecule has 2 aromatic rings. The van der Waals surface area contributed by atoms with Crippen LogP contribution in [0.15, 0.2) is 18.2 Å². The summed E-state index contributed by atoms with van der Waals surface area (Å²) in [4.78, 5) is 35.3. The topological polar surface area (TPSA) is 84.4 Å². The second-order valence-electron chi connectivity index (χ2n) is 6.55. The molecule has 26 heavy (non-hydrogen) atoms. The van der Waals surface area contributed by atoms with E-state index >= 15 is 0 Å². The molecule has 3 rings (SSSR count). The molecule has 1 aromatic heterocycles. The highest BCUT2D eigenvalue weighted by Crippen LogP contribution is 2.18. The molecule has 0 bridgehead atoms. The number of piperidine rings is 1. The molecule has 0 unspecified atom stereocenters. The molecule has 1 saturated heterocycles. The van der Waals surface area contributed by atoms with E-state index in [-0.39, 0.29) is 11.9 Å². The largest absolute Gasteiger partial charge is 0.450 e. The zero-order valence-electron chi connectivity index (χ0n) is 15.4. The number of nitrogens with one attached hydrogen (secondary N) is 1. The lowest BCUT2D eigenvalue weighted by Crippen LogP contribution is -2.49. The van der Waals surface area contributed by atoms with E-state index in [2.05, 4.69) is 15.3 Å². The van der Waals surface area contributed by atoms with Crippen molar-refractivity contribution in [3.05, 3.63) is 35.2 Å². The first kappa shape index (κ1) is 18.1. The lowest BCUT2D eigenvalue weighted by Gasteiger charge is -2.33. The number of alkyl carbamates (subject to hydrolysis) is 1. The minimum atomic E-state index is -0.432. The second-order valence-corrected chi connectivity index (χ2v) is 6.55. The molecule has 1 fully saturated rings. The van der Waals surface area contributed by atoms with Gasteiger partial charge in [0.05, 0.1) is 29.0 Å². The van der Waals surface area contributed by atoms with Gasteiger partial charge in [-0.1, -0.05) is 0 Å². The Morgan fingerprint density at radius 2 is 1.96 bits per heavy atom. The number of ether oxygens (including phenoxy) is 1. The number of carbonyl (C=O) groups is 2. The molecule has 2 heterocycles. The van der Waals surface area contributed by atoms with Crippen LogP contribution < -0.4 is 5.32 Å². The first-order chi connectivity index (χ1) is 12.5. The fraction of sp³-hybridized carbons (Fsp3) is 0.474. The smallest absolute Gasteiger partial charge is 0.407 e. The second kappa shape index (κ2) is 7.68. The molecule has 2 amide bonds. The fourth-order valence-corrected chi connectivity index (χ4v) is 3.17. The van der Waals surface area contributed by atoms with Crippen molar-refractivity contribution in [1.29, 1.82) is 0 Å². The van der Waals surface area contributed by atoms with E-state index in [1.807, 2.05) is 19.9 Å². The fourth-order valence-electron chi connectivity index (χ4n) is 3.17. The molecule has 1 aliphatic rings. The van der Waals surface area contributed by atoms with Crippen molar-refractivity contribution < 1.29 is 14.3 Å². The van der Waals surface area contributed by atoms with Crippen LogP contribution in [0.5, 0.6) is 0 Å². The molecule has 0 radical (unpaired) electrons. The van der Waals surface area contributed by atoms with E-state index < -0.39 is 6.09 Å². The summed E-state index contributed by atoms with van der Waals surface area (Å²) < 4.78 is 4.93. The van der Waals surface area contributed by atoms with Crippen LogP contribution in [0.3, 0.4) is 0 Å². The number of aryl methyl sites for hydroxylation is 2. The van der Waals surface area contributed by atoms with Crippen molar-refractivity contribution in [2.75, 3.05) is 19.7 Å². The third-order valence-corrected chi connectivity index (χ3v) is 4.63. The summed E-state index contributed by atoms with van der Waals surface area (Å²) in [5, 5.41) is 2.82. The number of hydrogen-bond acceptors (Lipinski definition) is 5. The Morgan fingerprint density at radius 1 is 1.23 bits per heavy atom. The SMILES string of the molecule is CCOC(=O)N[C@@H]1CCCN(C(=O)c2ccc3nc(C)c(C)nc3c2)C1. The minimum Gasteiger partial charge on any atom is -0.450 e. The predicted octanol–water partition coefficient (Wildman–Crippen LogP) is 2.60. The quantitative estimate of drug-likeness (QED) is 0.914. The highest BCUT2D eigenvalue weighted by molar-refractivity contribution is 5.97. The van der Waals surface area contributed by atoms with E-state index in [4.69, 9.17) is 4.74 Å². The molecular weight excluding hydrogens is 332 g/mol. The van der Waals surface area contributed by atoms with Gasteiger partial charge in [0.25, 0.3) is 5.91 Å². The third kappa shape index (κ3) is 3.92. The molecule has 138 valence electrons. The number of rotatable bonds is 3. The zero-order chi connectivity index (χ0) is 18.7. The Hall–Kier alpha value is -2.70. The molecule has 0 spiro atoms. The van der Waals surface area contributed by atoms with Gasteiger partial charge in [-0.2, -0.15) is 0 Å². The molecule has 7 heteroatoms. The Bertz CT molecular complexity index is 837. The number of nitrogens with zero attached hydrogens (tertiary/aromatic N) is 3. The number of benzene rings is 1. The lowest BCUT2D eigenvalue weighted by atomic mass is 10.0. The Balaban J connectivity index is 1.74. The molecule has 1 atom stereocenters. The van der Waals surface area contributed by atoms with Gasteiger partial charge in [-0.25, -0.2) is 14.8 Å². The molecule has 1 N–H and O–H groups in total. The number of hydrogen-bond donors (Lipinski definition) is 1. The average molecular weight is 356 g/mol. The van der Waals surface area contributed by atoms with Crippen LogP contribution in [0, 0.1) is 13.8 Å². The van der Waals surface area contributed by atoms with Gasteiger partial charge >= 0.3 is 6.09 Å². The molecule has 1 aromatic carbocycles. The summed E-state index contributed by atoms with van der Waals surface area (Å²) in [6, 6.07) is 5.33. The van der Waals surface area contributed by atoms with Crippen molar-refractivity contribution >= 4 is 23.0 Å². The average Bonchev–Trinajstić information content (AvgIpc) is 2.62. The molecule has 7 nitrogen and oxygen atoms in total. The summed E-state index contributed by atoms with van der Waals surface area (Å²) in [7, 11) is 0. The van der Waals surface area contributed by atoms with Crippen LogP contribution in [0.25, 0.3) is 11.0 Å². The molecule has 1 aliphatic heterocycles. The number of likely N-dealkylation sites (tertiary alicyclic amines) is 1. The summed E-state index contributed by atoms with van der Waals surface area (Å²) in [6.45, 7) is 7.09. The number of amides is 2. The Labute approximate surface area is 152 Å². The maximum Gasteiger partial charge on any atom is 0.407 e. The van der Waals surface area contributed by atoms with E-state index in [0.717, 1.165) is 35.3 Å². The van der Waals surface area contributed by atoms with Crippen molar-refractivity contribution in [2.45, 2.75) is 39.7 Å². The first-order valence-electron chi connectivity index (χ1n) is 8.95. The van der Waals surface area contributed by atoms with Gasteiger partial charge in [0.1, 0.15) is 0 Å². The monoisotopic (exact) mass is 356 g/mol. The summed E-state index contributed by atoms with van der Waals surface area (Å²) in [6.07, 6.45) is 1.25. The highest BCUT2D eigenvalue weighted by atomic mass is 16.5. The van der Waals surface area contributed by atoms with Crippen LogP contribution in [-0.4, -0.2) is 52.6 Å². The standard InChI is InChI=1S/C19H24N4O3/c1-4-26-19(25)22-15-6-5-9-23(11-15)18(24)14-7-8-16-17(10-14)21-13(3)12(2)20-16/h7-8,10,15H,4-6,9,11H2,1-3H3,(H,22,25)/t15-/m1/s1. The Morgan fingerprint density at radius 3 is 2.69 bits per heavy atom. The Kier molecular flexibility index (Phi) is 5.35. The zero-order valence-corrected chi connectivity index (χ0v) is 15.4. The van der Waals surface area contributed by atoms with Crippen LogP contribution in [0.1, 0.15) is 41.5 Å². The van der Waals surface area contributed by atoms with Crippen molar-refractivity contribution in [3.63, 3.8) is 0 Å². The van der Waals surface area contributed by atoms with Crippen LogP contribution in [0.4, 0.5) is 4.79 Å². The maximum atomic E-state index is 12.9. The van der Waals surface area contributed by atoms with E-state index in [0.29, 0.717) is 25.3 Å². The van der Waals surface area contributed by atoms with E-state index in [1.54, 1.807) is 24.0 Å².